The van der Waals surface area contributed by atoms with Crippen LogP contribution in [0, 0.1) is 57.2 Å². The summed E-state index contributed by atoms with van der Waals surface area (Å²) in [6.07, 6.45) is 14.3. The van der Waals surface area contributed by atoms with Gasteiger partial charge >= 0.3 is 0 Å². The van der Waals surface area contributed by atoms with Gasteiger partial charge in [-0.05, 0) is 128 Å². The fraction of sp³-hybridized carbons (Fsp3) is 0.971. The number of carbonyl (C=O) groups excluding carboxylic acids is 1. The molecule has 2 spiro atoms. The number of aliphatic hydroxyl groups is 2. The monoisotopic (exact) mass is 571 g/mol. The summed E-state index contributed by atoms with van der Waals surface area (Å²) in [5.74, 6) is 4.09. The zero-order valence-electron chi connectivity index (χ0n) is 26.3. The fourth-order valence-corrected chi connectivity index (χ4v) is 12.8. The van der Waals surface area contributed by atoms with Crippen molar-refractivity contribution in [2.24, 2.45) is 57.2 Å². The van der Waals surface area contributed by atoms with Gasteiger partial charge in [0.1, 0.15) is 0 Å². The molecule has 41 heavy (non-hydrogen) atoms. The van der Waals surface area contributed by atoms with Crippen LogP contribution in [0.2, 0.25) is 0 Å². The number of rotatable bonds is 8. The number of morpholine rings is 1. The molecule has 4 unspecified atom stereocenters. The Morgan fingerprint density at radius 3 is 2.56 bits per heavy atom. The van der Waals surface area contributed by atoms with E-state index in [0.717, 1.165) is 43.9 Å². The van der Waals surface area contributed by atoms with Crippen LogP contribution in [0.4, 0.5) is 0 Å². The average molecular weight is 572 g/mol. The van der Waals surface area contributed by atoms with Gasteiger partial charge in [-0.1, -0.05) is 34.1 Å². The van der Waals surface area contributed by atoms with Gasteiger partial charge in [-0.15, -0.1) is 0 Å². The highest BCUT2D eigenvalue weighted by Gasteiger charge is 2.84. The van der Waals surface area contributed by atoms with Gasteiger partial charge in [0.2, 0.25) is 5.91 Å². The van der Waals surface area contributed by atoms with E-state index in [-0.39, 0.29) is 41.8 Å². The Morgan fingerprint density at radius 2 is 1.80 bits per heavy atom. The molecule has 11 atom stereocenters. The molecular formula is C35H57NO5. The van der Waals surface area contributed by atoms with E-state index in [2.05, 4.69) is 27.7 Å². The molecule has 0 aromatic carbocycles. The first-order chi connectivity index (χ1) is 19.6. The van der Waals surface area contributed by atoms with Crippen LogP contribution in [0.5, 0.6) is 0 Å². The maximum Gasteiger partial charge on any atom is 0.223 e. The number of ether oxygens (including phenoxy) is 2. The van der Waals surface area contributed by atoms with Gasteiger partial charge in [0.05, 0.1) is 25.4 Å². The third kappa shape index (κ3) is 4.19. The highest BCUT2D eigenvalue weighted by Crippen LogP contribution is 2.89. The molecule has 1 amide bonds. The first-order valence-corrected chi connectivity index (χ1v) is 17.4. The smallest absolute Gasteiger partial charge is 0.223 e. The first-order valence-electron chi connectivity index (χ1n) is 17.4. The summed E-state index contributed by atoms with van der Waals surface area (Å²) >= 11 is 0. The molecule has 0 bridgehead atoms. The number of hydrogen-bond donors (Lipinski definition) is 2. The zero-order valence-corrected chi connectivity index (χ0v) is 26.3. The fourth-order valence-electron chi connectivity index (χ4n) is 12.8. The van der Waals surface area contributed by atoms with Crippen LogP contribution in [-0.2, 0) is 14.3 Å². The number of unbranched alkanes of at least 4 members (excludes halogenated alkanes) is 1. The highest BCUT2D eigenvalue weighted by molar-refractivity contribution is 5.76. The molecule has 7 rings (SSSR count). The minimum Gasteiger partial charge on any atom is -0.396 e. The van der Waals surface area contributed by atoms with Crippen LogP contribution >= 0.6 is 0 Å². The molecule has 7 aliphatic rings. The van der Waals surface area contributed by atoms with Crippen LogP contribution in [0.3, 0.4) is 0 Å². The Labute approximate surface area is 248 Å². The molecule has 6 heteroatoms. The van der Waals surface area contributed by atoms with E-state index in [9.17, 15) is 15.0 Å². The lowest BCUT2D eigenvalue weighted by Gasteiger charge is -2.59. The van der Waals surface area contributed by atoms with Gasteiger partial charge in [0.25, 0.3) is 0 Å². The third-order valence-electron chi connectivity index (χ3n) is 14.9. The molecule has 2 N–H and O–H groups in total. The highest BCUT2D eigenvalue weighted by atomic mass is 16.7. The van der Waals surface area contributed by atoms with E-state index in [1.807, 2.05) is 4.90 Å². The summed E-state index contributed by atoms with van der Waals surface area (Å²) < 4.78 is 12.9. The summed E-state index contributed by atoms with van der Waals surface area (Å²) in [6, 6.07) is 0. The van der Waals surface area contributed by atoms with Crippen LogP contribution in [0.1, 0.15) is 111 Å². The van der Waals surface area contributed by atoms with Gasteiger partial charge < -0.3 is 24.6 Å². The number of carbonyl (C=O) groups is 1. The minimum atomic E-state index is -0.301. The van der Waals surface area contributed by atoms with Crippen molar-refractivity contribution in [3.8, 4) is 0 Å². The molecule has 6 aliphatic carbocycles. The topological polar surface area (TPSA) is 79.2 Å². The Balaban J connectivity index is 1.06. The quantitative estimate of drug-likeness (QED) is 0.361. The van der Waals surface area contributed by atoms with Crippen molar-refractivity contribution in [3.05, 3.63) is 0 Å². The Hall–Kier alpha value is -0.690. The second kappa shape index (κ2) is 10.2. The third-order valence-corrected chi connectivity index (χ3v) is 14.9. The molecule has 1 heterocycles. The van der Waals surface area contributed by atoms with Crippen LogP contribution in [-0.4, -0.2) is 65.8 Å². The van der Waals surface area contributed by atoms with Crippen molar-refractivity contribution in [2.75, 3.05) is 26.3 Å². The maximum atomic E-state index is 12.8. The Morgan fingerprint density at radius 1 is 1.00 bits per heavy atom. The average Bonchev–Trinajstić information content (AvgIpc) is 3.83. The second-order valence-electron chi connectivity index (χ2n) is 16.6. The van der Waals surface area contributed by atoms with Gasteiger partial charge in [0, 0.05) is 19.6 Å². The summed E-state index contributed by atoms with van der Waals surface area (Å²) in [6.45, 7) is 12.2. The molecule has 7 fully saturated rings. The largest absolute Gasteiger partial charge is 0.396 e. The number of nitrogens with zero attached hydrogens (tertiary/aromatic N) is 1. The van der Waals surface area contributed by atoms with Gasteiger partial charge in [-0.25, -0.2) is 0 Å². The lowest BCUT2D eigenvalue weighted by molar-refractivity contribution is -0.244. The summed E-state index contributed by atoms with van der Waals surface area (Å²) in [5, 5.41) is 20.7. The predicted molar refractivity (Wildman–Crippen MR) is 158 cm³/mol. The van der Waals surface area contributed by atoms with Crippen molar-refractivity contribution in [3.63, 3.8) is 0 Å². The Kier molecular flexibility index (Phi) is 7.21. The number of fused-ring (bicyclic) bond motifs is 2. The molecule has 6 nitrogen and oxygen atoms in total. The number of aliphatic hydroxyl groups excluding tert-OH is 2. The number of amides is 1. The number of hydrogen-bond acceptors (Lipinski definition) is 5. The molecule has 0 radical (unpaired) electrons. The van der Waals surface area contributed by atoms with E-state index in [1.165, 1.54) is 44.9 Å². The lowest BCUT2D eigenvalue weighted by atomic mass is 9.46. The molecular weight excluding hydrogens is 514 g/mol. The van der Waals surface area contributed by atoms with Crippen molar-refractivity contribution in [2.45, 2.75) is 130 Å². The van der Waals surface area contributed by atoms with E-state index in [1.54, 1.807) is 0 Å². The van der Waals surface area contributed by atoms with Gasteiger partial charge in [0.15, 0.2) is 6.29 Å². The van der Waals surface area contributed by atoms with Crippen LogP contribution in [0.15, 0.2) is 0 Å². The zero-order chi connectivity index (χ0) is 28.8. The molecule has 1 saturated heterocycles. The van der Waals surface area contributed by atoms with E-state index >= 15 is 0 Å². The van der Waals surface area contributed by atoms with Crippen LogP contribution < -0.4 is 0 Å². The van der Waals surface area contributed by atoms with Crippen molar-refractivity contribution in [1.29, 1.82) is 0 Å². The molecule has 1 aliphatic heterocycles. The normalized spacial score (nSPS) is 50.0. The van der Waals surface area contributed by atoms with Crippen molar-refractivity contribution >= 4 is 5.91 Å². The first kappa shape index (κ1) is 29.0. The minimum absolute atomic E-state index is 0.0768. The second-order valence-corrected chi connectivity index (χ2v) is 16.6. The summed E-state index contributed by atoms with van der Waals surface area (Å²) in [5.41, 5.74) is 1.18. The van der Waals surface area contributed by atoms with E-state index < -0.39 is 0 Å². The molecule has 232 valence electrons. The maximum absolute atomic E-state index is 12.8. The predicted octanol–water partition coefficient (Wildman–Crippen LogP) is 5.79. The van der Waals surface area contributed by atoms with E-state index in [4.69, 9.17) is 9.47 Å². The van der Waals surface area contributed by atoms with E-state index in [0.29, 0.717) is 60.6 Å². The van der Waals surface area contributed by atoms with Gasteiger partial charge in [-0.3, -0.25) is 4.79 Å². The molecule has 0 aromatic heterocycles. The van der Waals surface area contributed by atoms with Crippen molar-refractivity contribution in [1.82, 2.24) is 4.90 Å². The standard InChI is InChI=1S/C35H57NO5/c1-22-34-15-14-33(4)25(7-5-6-17-37)27(38)20-26(33)24(34)10-11-28-32(2,3)29(12-13-35(22,28)34)41-31-21-36(16-18-40-31)30(39)19-23-8-9-23/h22-29,31,37-38H,5-21H2,1-4H3/t22-,24-,25-,26?,27+,28?,29-,31?,33+,34-,35?/m0/s1. The SMILES string of the molecule is C[C@@H]1C23CC[C@H](OC4CN(C(=O)CC5CC5)CCO4)C(C)(C)C2CC[C@H]2C4C[C@@H](O)[C@H](CCCCO)[C@@]4(C)CC[C@]123. The summed E-state index contributed by atoms with van der Waals surface area (Å²) in [4.78, 5) is 14.8. The van der Waals surface area contributed by atoms with Crippen LogP contribution in [0.25, 0.3) is 0 Å². The molecule has 6 saturated carbocycles. The lowest BCUT2D eigenvalue weighted by Crippen LogP contribution is -2.56. The summed E-state index contributed by atoms with van der Waals surface area (Å²) in [7, 11) is 0. The Bertz CT molecular complexity index is 1010. The van der Waals surface area contributed by atoms with Gasteiger partial charge in [-0.2, -0.15) is 0 Å². The van der Waals surface area contributed by atoms with Crippen molar-refractivity contribution < 1.29 is 24.5 Å². The molecule has 0 aromatic rings.